The van der Waals surface area contributed by atoms with Crippen LogP contribution in [0.1, 0.15) is 56.7 Å². The van der Waals surface area contributed by atoms with Gasteiger partial charge in [0.25, 0.3) is 0 Å². The van der Waals surface area contributed by atoms with E-state index in [2.05, 4.69) is 55.4 Å². The van der Waals surface area contributed by atoms with Gasteiger partial charge in [-0.05, 0) is 74.8 Å². The van der Waals surface area contributed by atoms with Crippen LogP contribution < -0.4 is 5.32 Å². The van der Waals surface area contributed by atoms with E-state index in [1.54, 1.807) is 11.1 Å². The Kier molecular flexibility index (Phi) is 4.37. The number of piperidine rings is 1. The van der Waals surface area contributed by atoms with Crippen LogP contribution in [0, 0.1) is 5.92 Å². The number of benzene rings is 1. The minimum absolute atomic E-state index is 0.336. The molecule has 1 atom stereocenters. The van der Waals surface area contributed by atoms with E-state index >= 15 is 0 Å². The number of likely N-dealkylation sites (tertiary alicyclic amines) is 1. The van der Waals surface area contributed by atoms with Crippen LogP contribution in [-0.4, -0.2) is 31.6 Å². The van der Waals surface area contributed by atoms with Crippen molar-refractivity contribution >= 4 is 0 Å². The Hall–Kier alpha value is -0.860. The van der Waals surface area contributed by atoms with Gasteiger partial charge in [0.15, 0.2) is 0 Å². The highest BCUT2D eigenvalue weighted by molar-refractivity contribution is 5.38. The third kappa shape index (κ3) is 3.32. The van der Waals surface area contributed by atoms with Crippen LogP contribution in [0.5, 0.6) is 0 Å². The Labute approximate surface area is 129 Å². The molecule has 2 nitrogen and oxygen atoms in total. The fourth-order valence-electron chi connectivity index (χ4n) is 4.00. The van der Waals surface area contributed by atoms with Gasteiger partial charge in [-0.1, -0.05) is 38.1 Å². The van der Waals surface area contributed by atoms with Crippen molar-refractivity contribution in [2.45, 2.75) is 51.0 Å². The zero-order chi connectivity index (χ0) is 14.9. The van der Waals surface area contributed by atoms with E-state index in [9.17, 15) is 0 Å². The molecule has 0 spiro atoms. The van der Waals surface area contributed by atoms with Crippen LogP contribution in [0.25, 0.3) is 0 Å². The molecule has 1 unspecified atom stereocenters. The van der Waals surface area contributed by atoms with Crippen molar-refractivity contribution in [3.63, 3.8) is 0 Å². The molecule has 0 amide bonds. The van der Waals surface area contributed by atoms with Crippen LogP contribution in [0.2, 0.25) is 0 Å². The number of hydrogen-bond acceptors (Lipinski definition) is 2. The van der Waals surface area contributed by atoms with E-state index in [1.165, 1.54) is 45.3 Å². The molecule has 2 aliphatic rings. The Bertz CT molecular complexity index is 472. The van der Waals surface area contributed by atoms with Crippen LogP contribution in [0.4, 0.5) is 0 Å². The first-order valence-electron chi connectivity index (χ1n) is 8.57. The van der Waals surface area contributed by atoms with Gasteiger partial charge in [0.05, 0.1) is 0 Å². The summed E-state index contributed by atoms with van der Waals surface area (Å²) in [5, 5.41) is 3.88. The number of nitrogens with zero attached hydrogens (tertiary/aromatic N) is 1. The molecule has 1 aromatic carbocycles. The van der Waals surface area contributed by atoms with Gasteiger partial charge in [0.1, 0.15) is 0 Å². The Morgan fingerprint density at radius 3 is 2.62 bits per heavy atom. The SMILES string of the molecule is CN1CCC(CNC2CCC(C)(C)c3ccccc32)CC1. The third-order valence-electron chi connectivity index (χ3n) is 5.61. The molecule has 0 bridgehead atoms. The molecule has 116 valence electrons. The lowest BCUT2D eigenvalue weighted by Gasteiger charge is -2.38. The maximum atomic E-state index is 3.88. The number of hydrogen-bond donors (Lipinski definition) is 1. The zero-order valence-electron chi connectivity index (χ0n) is 13.9. The number of fused-ring (bicyclic) bond motifs is 1. The maximum absolute atomic E-state index is 3.88. The average Bonchev–Trinajstić information content (AvgIpc) is 2.48. The average molecular weight is 286 g/mol. The highest BCUT2D eigenvalue weighted by Crippen LogP contribution is 2.41. The van der Waals surface area contributed by atoms with E-state index in [0.29, 0.717) is 11.5 Å². The molecule has 3 rings (SSSR count). The van der Waals surface area contributed by atoms with E-state index in [0.717, 1.165) is 5.92 Å². The molecule has 21 heavy (non-hydrogen) atoms. The van der Waals surface area contributed by atoms with Gasteiger partial charge in [0.2, 0.25) is 0 Å². The van der Waals surface area contributed by atoms with Gasteiger partial charge < -0.3 is 10.2 Å². The fraction of sp³-hybridized carbons (Fsp3) is 0.684. The number of rotatable bonds is 3. The molecule has 2 heteroatoms. The Morgan fingerprint density at radius 1 is 1.14 bits per heavy atom. The van der Waals surface area contributed by atoms with Crippen molar-refractivity contribution in [1.29, 1.82) is 0 Å². The lowest BCUT2D eigenvalue weighted by Crippen LogP contribution is -2.38. The summed E-state index contributed by atoms with van der Waals surface area (Å²) in [4.78, 5) is 2.45. The Morgan fingerprint density at radius 2 is 1.86 bits per heavy atom. The van der Waals surface area contributed by atoms with Crippen LogP contribution >= 0.6 is 0 Å². The van der Waals surface area contributed by atoms with E-state index in [1.807, 2.05) is 0 Å². The summed E-state index contributed by atoms with van der Waals surface area (Å²) in [6, 6.07) is 9.63. The molecule has 1 heterocycles. The second-order valence-electron chi connectivity index (χ2n) is 7.72. The molecule has 1 saturated heterocycles. The molecule has 1 aliphatic carbocycles. The summed E-state index contributed by atoms with van der Waals surface area (Å²) in [5.74, 6) is 0.864. The molecule has 1 fully saturated rings. The van der Waals surface area contributed by atoms with Crippen molar-refractivity contribution in [2.24, 2.45) is 5.92 Å². The standard InChI is InChI=1S/C19H30N2/c1-19(2)11-8-18(16-6-4-5-7-17(16)19)20-14-15-9-12-21(3)13-10-15/h4-7,15,18,20H,8-14H2,1-3H3. The highest BCUT2D eigenvalue weighted by atomic mass is 15.1. The summed E-state index contributed by atoms with van der Waals surface area (Å²) < 4.78 is 0. The van der Waals surface area contributed by atoms with Crippen LogP contribution in [0.3, 0.4) is 0 Å². The van der Waals surface area contributed by atoms with Gasteiger partial charge in [-0.25, -0.2) is 0 Å². The zero-order valence-corrected chi connectivity index (χ0v) is 13.9. The lowest BCUT2D eigenvalue weighted by atomic mass is 9.71. The summed E-state index contributed by atoms with van der Waals surface area (Å²) in [6.45, 7) is 8.49. The molecule has 0 radical (unpaired) electrons. The highest BCUT2D eigenvalue weighted by Gasteiger charge is 2.32. The Balaban J connectivity index is 1.64. The quantitative estimate of drug-likeness (QED) is 0.911. The van der Waals surface area contributed by atoms with Crippen molar-refractivity contribution in [1.82, 2.24) is 10.2 Å². The molecular weight excluding hydrogens is 256 g/mol. The maximum Gasteiger partial charge on any atom is 0.0323 e. The largest absolute Gasteiger partial charge is 0.310 e. The fourth-order valence-corrected chi connectivity index (χ4v) is 4.00. The molecule has 0 aromatic heterocycles. The van der Waals surface area contributed by atoms with Crippen molar-refractivity contribution in [2.75, 3.05) is 26.7 Å². The summed E-state index contributed by atoms with van der Waals surface area (Å²) in [5.41, 5.74) is 3.43. The topological polar surface area (TPSA) is 15.3 Å². The summed E-state index contributed by atoms with van der Waals surface area (Å²) in [7, 11) is 2.24. The second kappa shape index (κ2) is 6.10. The van der Waals surface area contributed by atoms with Gasteiger partial charge in [-0.2, -0.15) is 0 Å². The van der Waals surface area contributed by atoms with E-state index in [4.69, 9.17) is 0 Å². The van der Waals surface area contributed by atoms with Gasteiger partial charge in [-0.3, -0.25) is 0 Å². The molecular formula is C19H30N2. The minimum Gasteiger partial charge on any atom is -0.310 e. The summed E-state index contributed by atoms with van der Waals surface area (Å²) >= 11 is 0. The first-order valence-corrected chi connectivity index (χ1v) is 8.57. The monoisotopic (exact) mass is 286 g/mol. The third-order valence-corrected chi connectivity index (χ3v) is 5.61. The van der Waals surface area contributed by atoms with Crippen molar-refractivity contribution in [3.05, 3.63) is 35.4 Å². The minimum atomic E-state index is 0.336. The van der Waals surface area contributed by atoms with Crippen LogP contribution in [-0.2, 0) is 5.41 Å². The first-order chi connectivity index (χ1) is 10.1. The summed E-state index contributed by atoms with van der Waals surface area (Å²) in [6.07, 6.45) is 5.26. The van der Waals surface area contributed by atoms with Crippen molar-refractivity contribution < 1.29 is 0 Å². The van der Waals surface area contributed by atoms with Gasteiger partial charge in [-0.15, -0.1) is 0 Å². The first kappa shape index (κ1) is 15.1. The predicted molar refractivity (Wildman–Crippen MR) is 89.7 cm³/mol. The van der Waals surface area contributed by atoms with E-state index < -0.39 is 0 Å². The number of nitrogens with one attached hydrogen (secondary N) is 1. The molecule has 1 N–H and O–H groups in total. The molecule has 0 saturated carbocycles. The van der Waals surface area contributed by atoms with Gasteiger partial charge in [0, 0.05) is 6.04 Å². The molecule has 1 aromatic rings. The van der Waals surface area contributed by atoms with Crippen molar-refractivity contribution in [3.8, 4) is 0 Å². The van der Waals surface area contributed by atoms with Crippen LogP contribution in [0.15, 0.2) is 24.3 Å². The predicted octanol–water partition coefficient (Wildman–Crippen LogP) is 3.73. The smallest absolute Gasteiger partial charge is 0.0323 e. The lowest BCUT2D eigenvalue weighted by molar-refractivity contribution is 0.209. The van der Waals surface area contributed by atoms with Gasteiger partial charge >= 0.3 is 0 Å². The molecule has 1 aliphatic heterocycles. The normalized spacial score (nSPS) is 26.5. The second-order valence-corrected chi connectivity index (χ2v) is 7.72. The van der Waals surface area contributed by atoms with E-state index in [-0.39, 0.29) is 0 Å².